The molecule has 0 aliphatic heterocycles. The second-order valence-corrected chi connectivity index (χ2v) is 2.39. The van der Waals surface area contributed by atoms with Crippen molar-refractivity contribution in [2.45, 2.75) is 18.3 Å². The molecular weight excluding hydrogens is 200 g/mol. The van der Waals surface area contributed by atoms with Gasteiger partial charge in [-0.1, -0.05) is 0 Å². The standard InChI is InChI=1S/C6H8O8/c7-1(3(9)5(11)12)2(8)4(10)6(13)14/h1-3,7-9H,(H,11,12)(H,13,14)/t1-,2-,3+/m0/s1. The van der Waals surface area contributed by atoms with E-state index < -0.39 is 36.0 Å². The molecule has 0 aliphatic rings. The number of ketones is 1. The Kier molecular flexibility index (Phi) is 4.15. The predicted molar refractivity (Wildman–Crippen MR) is 38.3 cm³/mol. The Labute approximate surface area is 77.0 Å². The number of hydrogen-bond acceptors (Lipinski definition) is 6. The van der Waals surface area contributed by atoms with Gasteiger partial charge in [0.05, 0.1) is 0 Å². The molecule has 80 valence electrons. The van der Waals surface area contributed by atoms with Crippen molar-refractivity contribution in [3.05, 3.63) is 0 Å². The lowest BCUT2D eigenvalue weighted by Crippen LogP contribution is -2.47. The zero-order chi connectivity index (χ0) is 11.5. The number of hydrogen-bond donors (Lipinski definition) is 5. The van der Waals surface area contributed by atoms with Gasteiger partial charge in [-0.2, -0.15) is 0 Å². The Morgan fingerprint density at radius 1 is 0.857 bits per heavy atom. The molecule has 8 heteroatoms. The van der Waals surface area contributed by atoms with Crippen molar-refractivity contribution in [1.29, 1.82) is 0 Å². The summed E-state index contributed by atoms with van der Waals surface area (Å²) < 4.78 is 0. The molecule has 0 amide bonds. The first-order valence-corrected chi connectivity index (χ1v) is 3.33. The van der Waals surface area contributed by atoms with Crippen LogP contribution in [0.4, 0.5) is 0 Å². The summed E-state index contributed by atoms with van der Waals surface area (Å²) in [4.78, 5) is 30.5. The number of carboxylic acid groups (broad SMARTS) is 2. The van der Waals surface area contributed by atoms with E-state index in [4.69, 9.17) is 25.5 Å². The molecule has 14 heavy (non-hydrogen) atoms. The van der Waals surface area contributed by atoms with E-state index in [9.17, 15) is 14.4 Å². The van der Waals surface area contributed by atoms with Crippen molar-refractivity contribution in [1.82, 2.24) is 0 Å². The van der Waals surface area contributed by atoms with Gasteiger partial charge in [-0.25, -0.2) is 9.59 Å². The van der Waals surface area contributed by atoms with Crippen LogP contribution in [-0.2, 0) is 14.4 Å². The lowest BCUT2D eigenvalue weighted by atomic mass is 10.0. The van der Waals surface area contributed by atoms with Gasteiger partial charge >= 0.3 is 11.9 Å². The minimum atomic E-state index is -2.47. The number of carbonyl (C=O) groups excluding carboxylic acids is 1. The lowest BCUT2D eigenvalue weighted by Gasteiger charge is -2.17. The number of Topliss-reactive ketones (excluding diaryl/α,β-unsaturated/α-hetero) is 1. The van der Waals surface area contributed by atoms with Gasteiger partial charge in [0.25, 0.3) is 5.78 Å². The summed E-state index contributed by atoms with van der Waals surface area (Å²) in [6.07, 6.45) is -7.28. The minimum absolute atomic E-state index is 1.79. The molecule has 0 aliphatic carbocycles. The number of carboxylic acids is 2. The highest BCUT2D eigenvalue weighted by Crippen LogP contribution is 2.02. The number of carbonyl (C=O) groups is 3. The number of aliphatic carboxylic acids is 2. The molecule has 0 rings (SSSR count). The molecule has 0 aromatic heterocycles. The van der Waals surface area contributed by atoms with Crippen molar-refractivity contribution in [2.75, 3.05) is 0 Å². The molecule has 3 atom stereocenters. The normalized spacial score (nSPS) is 16.8. The summed E-state index contributed by atoms with van der Waals surface area (Å²) in [5.41, 5.74) is 0. The third-order valence-corrected chi connectivity index (χ3v) is 1.38. The first-order chi connectivity index (χ1) is 6.29. The third-order valence-electron chi connectivity index (χ3n) is 1.38. The average Bonchev–Trinajstić information content (AvgIpc) is 2.12. The van der Waals surface area contributed by atoms with Gasteiger partial charge in [-0.15, -0.1) is 0 Å². The molecule has 5 N–H and O–H groups in total. The highest BCUT2D eigenvalue weighted by Gasteiger charge is 2.37. The van der Waals surface area contributed by atoms with Crippen LogP contribution < -0.4 is 0 Å². The monoisotopic (exact) mass is 208 g/mol. The molecule has 0 saturated carbocycles. The van der Waals surface area contributed by atoms with Crippen LogP contribution in [-0.4, -0.2) is 61.6 Å². The summed E-state index contributed by atoms with van der Waals surface area (Å²) >= 11 is 0. The Morgan fingerprint density at radius 3 is 1.57 bits per heavy atom. The van der Waals surface area contributed by atoms with E-state index in [1.807, 2.05) is 0 Å². The maximum atomic E-state index is 10.5. The second kappa shape index (κ2) is 4.65. The van der Waals surface area contributed by atoms with Crippen molar-refractivity contribution in [3.8, 4) is 0 Å². The van der Waals surface area contributed by atoms with Crippen LogP contribution in [0.15, 0.2) is 0 Å². The van der Waals surface area contributed by atoms with Gasteiger partial charge in [0, 0.05) is 0 Å². The van der Waals surface area contributed by atoms with Crippen LogP contribution in [0.3, 0.4) is 0 Å². The summed E-state index contributed by atoms with van der Waals surface area (Å²) in [6, 6.07) is 0. The summed E-state index contributed by atoms with van der Waals surface area (Å²) in [7, 11) is 0. The average molecular weight is 208 g/mol. The van der Waals surface area contributed by atoms with Crippen LogP contribution in [0, 0.1) is 0 Å². The molecule has 8 nitrogen and oxygen atoms in total. The second-order valence-electron chi connectivity index (χ2n) is 2.39. The summed E-state index contributed by atoms with van der Waals surface area (Å²) in [5.74, 6) is -5.71. The zero-order valence-corrected chi connectivity index (χ0v) is 6.69. The molecule has 0 spiro atoms. The molecule has 0 bridgehead atoms. The van der Waals surface area contributed by atoms with E-state index in [1.54, 1.807) is 0 Å². The van der Waals surface area contributed by atoms with Gasteiger partial charge < -0.3 is 25.5 Å². The van der Waals surface area contributed by atoms with Crippen LogP contribution in [0.2, 0.25) is 0 Å². The molecule has 0 fully saturated rings. The van der Waals surface area contributed by atoms with Crippen molar-refractivity contribution < 1.29 is 39.9 Å². The smallest absolute Gasteiger partial charge is 0.375 e. The molecule has 0 aromatic rings. The highest BCUT2D eigenvalue weighted by molar-refractivity contribution is 6.34. The van der Waals surface area contributed by atoms with Crippen LogP contribution in [0.5, 0.6) is 0 Å². The topological polar surface area (TPSA) is 152 Å². The van der Waals surface area contributed by atoms with Gasteiger partial charge in [0.1, 0.15) is 6.10 Å². The SMILES string of the molecule is O=C(O)C(=O)[C@@H](O)[C@H](O)[C@@H](O)C(=O)O. The predicted octanol–water partition coefficient (Wildman–Crippen LogP) is -3.19. The van der Waals surface area contributed by atoms with Crippen LogP contribution >= 0.6 is 0 Å². The molecule has 0 radical (unpaired) electrons. The fraction of sp³-hybridized carbons (Fsp3) is 0.500. The fourth-order valence-corrected chi connectivity index (χ4v) is 0.600. The first kappa shape index (κ1) is 12.5. The van der Waals surface area contributed by atoms with E-state index in [0.717, 1.165) is 0 Å². The zero-order valence-electron chi connectivity index (χ0n) is 6.69. The van der Waals surface area contributed by atoms with Crippen molar-refractivity contribution >= 4 is 17.7 Å². The Morgan fingerprint density at radius 2 is 1.29 bits per heavy atom. The van der Waals surface area contributed by atoms with Crippen molar-refractivity contribution in [2.24, 2.45) is 0 Å². The Balaban J connectivity index is 4.54. The first-order valence-electron chi connectivity index (χ1n) is 3.33. The summed E-state index contributed by atoms with van der Waals surface area (Å²) in [6.45, 7) is 0. The maximum absolute atomic E-state index is 10.5. The highest BCUT2D eigenvalue weighted by atomic mass is 16.4. The van der Waals surface area contributed by atoms with Gasteiger partial charge in [0.2, 0.25) is 0 Å². The molecule has 0 heterocycles. The van der Waals surface area contributed by atoms with E-state index in [1.165, 1.54) is 0 Å². The largest absolute Gasteiger partial charge is 0.479 e. The Hall–Kier alpha value is -1.51. The molecule has 0 saturated heterocycles. The lowest BCUT2D eigenvalue weighted by molar-refractivity contribution is -0.166. The number of aliphatic hydroxyl groups is 3. The van der Waals surface area contributed by atoms with E-state index in [-0.39, 0.29) is 0 Å². The van der Waals surface area contributed by atoms with Crippen LogP contribution in [0.25, 0.3) is 0 Å². The van der Waals surface area contributed by atoms with Crippen LogP contribution in [0.1, 0.15) is 0 Å². The molecule has 0 aromatic carbocycles. The third kappa shape index (κ3) is 2.76. The quantitative estimate of drug-likeness (QED) is 0.296. The van der Waals surface area contributed by atoms with E-state index in [2.05, 4.69) is 0 Å². The van der Waals surface area contributed by atoms with Crippen molar-refractivity contribution in [3.63, 3.8) is 0 Å². The molecular formula is C6H8O8. The van der Waals surface area contributed by atoms with E-state index in [0.29, 0.717) is 0 Å². The number of rotatable bonds is 5. The van der Waals surface area contributed by atoms with E-state index >= 15 is 0 Å². The Bertz CT molecular complexity index is 259. The number of aliphatic hydroxyl groups excluding tert-OH is 3. The van der Waals surface area contributed by atoms with Gasteiger partial charge in [-0.05, 0) is 0 Å². The van der Waals surface area contributed by atoms with Gasteiger partial charge in [-0.3, -0.25) is 4.79 Å². The summed E-state index contributed by atoms with van der Waals surface area (Å²) in [5, 5.41) is 42.4. The van der Waals surface area contributed by atoms with Gasteiger partial charge in [0.15, 0.2) is 12.2 Å². The maximum Gasteiger partial charge on any atom is 0.375 e. The molecule has 0 unspecified atom stereocenters. The fourth-order valence-electron chi connectivity index (χ4n) is 0.600. The minimum Gasteiger partial charge on any atom is -0.479 e.